The molecule has 0 unspecified atom stereocenters. The van der Waals surface area contributed by atoms with Crippen molar-refractivity contribution in [3.05, 3.63) is 17.8 Å². The van der Waals surface area contributed by atoms with Gasteiger partial charge in [-0.1, -0.05) is 0 Å². The molecule has 1 heterocycles. The predicted octanol–water partition coefficient (Wildman–Crippen LogP) is 0.980. The van der Waals surface area contributed by atoms with Gasteiger partial charge in [0.2, 0.25) is 0 Å². The van der Waals surface area contributed by atoms with Crippen molar-refractivity contribution in [1.29, 1.82) is 0 Å². The first-order chi connectivity index (χ1) is 9.13. The molecule has 1 rings (SSSR count). The van der Waals surface area contributed by atoms with Crippen LogP contribution in [0.3, 0.4) is 0 Å². The number of hydrogen-bond donors (Lipinski definition) is 2. The van der Waals surface area contributed by atoms with Crippen molar-refractivity contribution in [3.8, 4) is 0 Å². The molecule has 2 N–H and O–H groups in total. The molecule has 0 radical (unpaired) electrons. The van der Waals surface area contributed by atoms with Crippen molar-refractivity contribution in [3.63, 3.8) is 0 Å². The fourth-order valence-electron chi connectivity index (χ4n) is 1.57. The smallest absolute Gasteiger partial charge is 0.271 e. The number of unbranched alkanes of at least 4 members (excludes halogenated alkanes) is 1. The van der Waals surface area contributed by atoms with E-state index in [1.54, 1.807) is 12.1 Å². The fourth-order valence-corrected chi connectivity index (χ4v) is 1.57. The molecular weight excluding hydrogens is 242 g/mol. The van der Waals surface area contributed by atoms with Gasteiger partial charge in [-0.05, 0) is 52.5 Å². The summed E-state index contributed by atoms with van der Waals surface area (Å²) in [5, 5.41) is 13.8. The molecule has 0 aliphatic rings. The van der Waals surface area contributed by atoms with Gasteiger partial charge in [0, 0.05) is 13.1 Å². The molecule has 0 aliphatic carbocycles. The van der Waals surface area contributed by atoms with Crippen LogP contribution in [0, 0.1) is 0 Å². The first-order valence-corrected chi connectivity index (χ1v) is 6.64. The van der Waals surface area contributed by atoms with Crippen molar-refractivity contribution in [2.75, 3.05) is 39.0 Å². The Bertz CT molecular complexity index is 377. The van der Waals surface area contributed by atoms with Crippen LogP contribution in [0.15, 0.2) is 12.1 Å². The number of carbonyl (C=O) groups is 1. The summed E-state index contributed by atoms with van der Waals surface area (Å²) in [6.45, 7) is 4.41. The molecule has 0 aromatic carbocycles. The van der Waals surface area contributed by atoms with Crippen LogP contribution < -0.4 is 10.6 Å². The minimum Gasteiger partial charge on any atom is -0.369 e. The van der Waals surface area contributed by atoms with Gasteiger partial charge in [-0.15, -0.1) is 10.2 Å². The van der Waals surface area contributed by atoms with Crippen LogP contribution >= 0.6 is 0 Å². The van der Waals surface area contributed by atoms with Crippen molar-refractivity contribution in [2.45, 2.75) is 19.8 Å². The lowest BCUT2D eigenvalue weighted by atomic mass is 10.3. The Morgan fingerprint density at radius 3 is 2.63 bits per heavy atom. The third kappa shape index (κ3) is 6.15. The SMILES string of the molecule is CCNC(=O)c1ccc(NCCCCN(C)C)nn1. The molecule has 106 valence electrons. The molecular formula is C13H23N5O. The summed E-state index contributed by atoms with van der Waals surface area (Å²) in [5.74, 6) is 0.519. The van der Waals surface area contributed by atoms with Gasteiger partial charge in [0.25, 0.3) is 5.91 Å². The van der Waals surface area contributed by atoms with E-state index in [4.69, 9.17) is 0 Å². The van der Waals surface area contributed by atoms with Crippen molar-refractivity contribution < 1.29 is 4.79 Å². The van der Waals surface area contributed by atoms with E-state index < -0.39 is 0 Å². The maximum Gasteiger partial charge on any atom is 0.271 e. The Hall–Kier alpha value is -1.69. The zero-order valence-electron chi connectivity index (χ0n) is 11.9. The van der Waals surface area contributed by atoms with Gasteiger partial charge in [0.05, 0.1) is 0 Å². The van der Waals surface area contributed by atoms with Gasteiger partial charge in [-0.3, -0.25) is 4.79 Å². The van der Waals surface area contributed by atoms with Crippen molar-refractivity contribution in [1.82, 2.24) is 20.4 Å². The molecule has 0 saturated heterocycles. The van der Waals surface area contributed by atoms with E-state index in [1.165, 1.54) is 0 Å². The molecule has 0 fully saturated rings. The third-order valence-corrected chi connectivity index (χ3v) is 2.57. The van der Waals surface area contributed by atoms with Crippen LogP contribution in [0.25, 0.3) is 0 Å². The lowest BCUT2D eigenvalue weighted by Crippen LogP contribution is -2.24. The van der Waals surface area contributed by atoms with Crippen LogP contribution in [-0.4, -0.2) is 54.7 Å². The average molecular weight is 265 g/mol. The van der Waals surface area contributed by atoms with E-state index in [9.17, 15) is 4.79 Å². The van der Waals surface area contributed by atoms with Crippen LogP contribution in [0.1, 0.15) is 30.3 Å². The largest absolute Gasteiger partial charge is 0.369 e. The maximum absolute atomic E-state index is 11.5. The number of rotatable bonds is 8. The monoisotopic (exact) mass is 265 g/mol. The molecule has 0 bridgehead atoms. The minimum atomic E-state index is -0.187. The lowest BCUT2D eigenvalue weighted by molar-refractivity contribution is 0.0950. The number of hydrogen-bond acceptors (Lipinski definition) is 5. The Morgan fingerprint density at radius 2 is 2.05 bits per heavy atom. The second kappa shape index (κ2) is 8.42. The molecule has 6 nitrogen and oxygen atoms in total. The van der Waals surface area contributed by atoms with E-state index >= 15 is 0 Å². The summed E-state index contributed by atoms with van der Waals surface area (Å²) >= 11 is 0. The number of nitrogens with one attached hydrogen (secondary N) is 2. The Balaban J connectivity index is 2.30. The summed E-state index contributed by atoms with van der Waals surface area (Å²) in [6, 6.07) is 3.46. The predicted molar refractivity (Wildman–Crippen MR) is 76.3 cm³/mol. The Kier molecular flexibility index (Phi) is 6.81. The first kappa shape index (κ1) is 15.4. The standard InChI is InChI=1S/C13H23N5O/c1-4-14-13(19)11-7-8-12(17-16-11)15-9-5-6-10-18(2)3/h7-8H,4-6,9-10H2,1-3H3,(H,14,19)(H,15,17). The highest BCUT2D eigenvalue weighted by Crippen LogP contribution is 2.02. The van der Waals surface area contributed by atoms with Gasteiger partial charge in [-0.25, -0.2) is 0 Å². The van der Waals surface area contributed by atoms with Gasteiger partial charge in [0.1, 0.15) is 5.82 Å². The summed E-state index contributed by atoms with van der Waals surface area (Å²) < 4.78 is 0. The normalized spacial score (nSPS) is 10.5. The highest BCUT2D eigenvalue weighted by molar-refractivity contribution is 5.92. The molecule has 0 spiro atoms. The van der Waals surface area contributed by atoms with E-state index in [1.807, 2.05) is 6.92 Å². The number of carbonyl (C=O) groups excluding carboxylic acids is 1. The molecule has 0 aliphatic heterocycles. The second-order valence-electron chi connectivity index (χ2n) is 4.60. The Labute approximate surface area is 114 Å². The fraction of sp³-hybridized carbons (Fsp3) is 0.615. The van der Waals surface area contributed by atoms with E-state index in [-0.39, 0.29) is 5.91 Å². The third-order valence-electron chi connectivity index (χ3n) is 2.57. The molecule has 6 heteroatoms. The van der Waals surface area contributed by atoms with Crippen LogP contribution in [-0.2, 0) is 0 Å². The van der Waals surface area contributed by atoms with E-state index in [2.05, 4.69) is 39.8 Å². The number of anilines is 1. The van der Waals surface area contributed by atoms with Crippen LogP contribution in [0.2, 0.25) is 0 Å². The summed E-state index contributed by atoms with van der Waals surface area (Å²) in [4.78, 5) is 13.6. The summed E-state index contributed by atoms with van der Waals surface area (Å²) in [7, 11) is 4.14. The zero-order chi connectivity index (χ0) is 14.1. The van der Waals surface area contributed by atoms with E-state index in [0.717, 1.165) is 25.9 Å². The maximum atomic E-state index is 11.5. The average Bonchev–Trinajstić information content (AvgIpc) is 2.39. The van der Waals surface area contributed by atoms with Crippen molar-refractivity contribution in [2.24, 2.45) is 0 Å². The number of aromatic nitrogens is 2. The van der Waals surface area contributed by atoms with Gasteiger partial charge < -0.3 is 15.5 Å². The number of amides is 1. The highest BCUT2D eigenvalue weighted by Gasteiger charge is 2.06. The topological polar surface area (TPSA) is 70.2 Å². The summed E-state index contributed by atoms with van der Waals surface area (Å²) in [6.07, 6.45) is 2.22. The van der Waals surface area contributed by atoms with E-state index in [0.29, 0.717) is 18.1 Å². The van der Waals surface area contributed by atoms with Crippen LogP contribution in [0.4, 0.5) is 5.82 Å². The lowest BCUT2D eigenvalue weighted by Gasteiger charge is -2.09. The zero-order valence-corrected chi connectivity index (χ0v) is 11.9. The van der Waals surface area contributed by atoms with Gasteiger partial charge in [0.15, 0.2) is 5.69 Å². The van der Waals surface area contributed by atoms with Crippen LogP contribution in [0.5, 0.6) is 0 Å². The first-order valence-electron chi connectivity index (χ1n) is 6.64. The molecule has 1 amide bonds. The summed E-state index contributed by atoms with van der Waals surface area (Å²) in [5.41, 5.74) is 0.347. The Morgan fingerprint density at radius 1 is 1.26 bits per heavy atom. The molecule has 1 aromatic rings. The van der Waals surface area contributed by atoms with Gasteiger partial charge >= 0.3 is 0 Å². The second-order valence-corrected chi connectivity index (χ2v) is 4.60. The quantitative estimate of drug-likeness (QED) is 0.686. The van der Waals surface area contributed by atoms with Gasteiger partial charge in [-0.2, -0.15) is 0 Å². The minimum absolute atomic E-state index is 0.187. The highest BCUT2D eigenvalue weighted by atomic mass is 16.1. The van der Waals surface area contributed by atoms with Crippen molar-refractivity contribution >= 4 is 11.7 Å². The molecule has 0 saturated carbocycles. The molecule has 1 aromatic heterocycles. The number of nitrogens with zero attached hydrogens (tertiary/aromatic N) is 3. The molecule has 0 atom stereocenters. The molecule has 19 heavy (non-hydrogen) atoms.